The van der Waals surface area contributed by atoms with E-state index < -0.39 is 5.60 Å². The average Bonchev–Trinajstić information content (AvgIpc) is 2.63. The molecule has 1 fully saturated rings. The van der Waals surface area contributed by atoms with Crippen molar-refractivity contribution in [3.05, 3.63) is 0 Å². The largest absolute Gasteiger partial charge is 0.444 e. The van der Waals surface area contributed by atoms with E-state index in [0.29, 0.717) is 6.54 Å². The molecule has 1 aliphatic rings. The van der Waals surface area contributed by atoms with Crippen molar-refractivity contribution in [1.82, 2.24) is 9.80 Å². The van der Waals surface area contributed by atoms with Gasteiger partial charge in [0.2, 0.25) is 0 Å². The Morgan fingerprint density at radius 3 is 2.71 bits per heavy atom. The van der Waals surface area contributed by atoms with Gasteiger partial charge in [0.25, 0.3) is 0 Å². The maximum Gasteiger partial charge on any atom is 0.410 e. The predicted octanol–water partition coefficient (Wildman–Crippen LogP) is 0.920. The molecule has 1 aliphatic heterocycles. The van der Waals surface area contributed by atoms with Gasteiger partial charge in [-0.05, 0) is 27.2 Å². The van der Waals surface area contributed by atoms with Gasteiger partial charge in [0.05, 0.1) is 6.61 Å². The second-order valence-corrected chi connectivity index (χ2v) is 5.56. The lowest BCUT2D eigenvalue weighted by atomic mass is 10.2. The molecule has 1 rings (SSSR count). The number of likely N-dealkylation sites (tertiary alicyclic amines) is 1. The molecular formula is C12H24N2O3. The zero-order chi connectivity index (χ0) is 13.1. The summed E-state index contributed by atoms with van der Waals surface area (Å²) in [6.07, 6.45) is 0.670. The maximum atomic E-state index is 11.8. The monoisotopic (exact) mass is 244 g/mol. The van der Waals surface area contributed by atoms with Crippen LogP contribution in [0.4, 0.5) is 4.79 Å². The first-order valence-corrected chi connectivity index (χ1v) is 6.12. The van der Waals surface area contributed by atoms with Crippen LogP contribution in [0.15, 0.2) is 0 Å². The molecule has 0 saturated carbocycles. The zero-order valence-electron chi connectivity index (χ0n) is 11.3. The molecule has 0 aromatic heterocycles. The molecule has 1 N–H and O–H groups in total. The molecule has 1 atom stereocenters. The van der Waals surface area contributed by atoms with Crippen LogP contribution in [0.1, 0.15) is 27.2 Å². The third-order valence-electron chi connectivity index (χ3n) is 2.89. The predicted molar refractivity (Wildman–Crippen MR) is 65.9 cm³/mol. The quantitative estimate of drug-likeness (QED) is 0.802. The summed E-state index contributed by atoms with van der Waals surface area (Å²) in [5.41, 5.74) is -0.450. The van der Waals surface area contributed by atoms with Crippen molar-refractivity contribution in [3.63, 3.8) is 0 Å². The van der Waals surface area contributed by atoms with E-state index in [0.717, 1.165) is 19.5 Å². The number of aliphatic hydroxyl groups excluding tert-OH is 1. The molecule has 17 heavy (non-hydrogen) atoms. The third kappa shape index (κ3) is 4.52. The maximum absolute atomic E-state index is 11.8. The van der Waals surface area contributed by atoms with Gasteiger partial charge in [0, 0.05) is 32.7 Å². The summed E-state index contributed by atoms with van der Waals surface area (Å²) in [6.45, 7) is 8.19. The average molecular weight is 244 g/mol. The number of aliphatic hydroxyl groups is 1. The second kappa shape index (κ2) is 5.69. The molecule has 0 aromatic carbocycles. The first-order valence-electron chi connectivity index (χ1n) is 6.12. The van der Waals surface area contributed by atoms with Crippen LogP contribution in [0.2, 0.25) is 0 Å². The van der Waals surface area contributed by atoms with Gasteiger partial charge in [-0.3, -0.25) is 4.90 Å². The van der Waals surface area contributed by atoms with Gasteiger partial charge in [0.15, 0.2) is 0 Å². The topological polar surface area (TPSA) is 53.0 Å². The molecule has 0 radical (unpaired) electrons. The smallest absolute Gasteiger partial charge is 0.410 e. The second-order valence-electron chi connectivity index (χ2n) is 5.56. The summed E-state index contributed by atoms with van der Waals surface area (Å²) in [4.78, 5) is 15.7. The molecule has 5 heteroatoms. The van der Waals surface area contributed by atoms with E-state index in [1.54, 1.807) is 11.9 Å². The lowest BCUT2D eigenvalue weighted by Crippen LogP contribution is -2.42. The van der Waals surface area contributed by atoms with Gasteiger partial charge in [-0.15, -0.1) is 0 Å². The Bertz CT molecular complexity index is 263. The molecular weight excluding hydrogens is 220 g/mol. The van der Waals surface area contributed by atoms with Crippen LogP contribution in [-0.4, -0.2) is 65.9 Å². The van der Waals surface area contributed by atoms with Crippen molar-refractivity contribution in [3.8, 4) is 0 Å². The van der Waals surface area contributed by atoms with E-state index in [2.05, 4.69) is 4.90 Å². The van der Waals surface area contributed by atoms with Gasteiger partial charge in [-0.1, -0.05) is 0 Å². The van der Waals surface area contributed by atoms with Crippen LogP contribution < -0.4 is 0 Å². The lowest BCUT2D eigenvalue weighted by molar-refractivity contribution is 0.0228. The van der Waals surface area contributed by atoms with Gasteiger partial charge < -0.3 is 14.7 Å². The van der Waals surface area contributed by atoms with Crippen molar-refractivity contribution in [2.75, 3.05) is 33.3 Å². The Hall–Kier alpha value is -0.810. The fraction of sp³-hybridized carbons (Fsp3) is 0.917. The summed E-state index contributed by atoms with van der Waals surface area (Å²) >= 11 is 0. The van der Waals surface area contributed by atoms with Crippen molar-refractivity contribution in [2.24, 2.45) is 0 Å². The number of rotatable bonds is 3. The molecule has 5 nitrogen and oxygen atoms in total. The van der Waals surface area contributed by atoms with Gasteiger partial charge in [-0.2, -0.15) is 0 Å². The summed E-state index contributed by atoms with van der Waals surface area (Å²) in [6, 6.07) is 0.191. The number of carbonyl (C=O) groups excluding carboxylic acids is 1. The zero-order valence-corrected chi connectivity index (χ0v) is 11.3. The summed E-state index contributed by atoms with van der Waals surface area (Å²) in [5.74, 6) is 0. The number of hydrogen-bond donors (Lipinski definition) is 1. The van der Waals surface area contributed by atoms with Gasteiger partial charge >= 0.3 is 6.09 Å². The highest BCUT2D eigenvalue weighted by atomic mass is 16.6. The number of ether oxygens (including phenoxy) is 1. The minimum absolute atomic E-state index is 0.170. The number of nitrogens with zero attached hydrogens (tertiary/aromatic N) is 2. The lowest BCUT2D eigenvalue weighted by Gasteiger charge is -2.28. The molecule has 0 bridgehead atoms. The van der Waals surface area contributed by atoms with E-state index in [-0.39, 0.29) is 18.7 Å². The van der Waals surface area contributed by atoms with Crippen LogP contribution in [0, 0.1) is 0 Å². The van der Waals surface area contributed by atoms with Crippen molar-refractivity contribution < 1.29 is 14.6 Å². The fourth-order valence-electron chi connectivity index (χ4n) is 1.96. The van der Waals surface area contributed by atoms with E-state index in [1.165, 1.54) is 0 Å². The molecule has 1 heterocycles. The summed E-state index contributed by atoms with van der Waals surface area (Å²) in [5, 5.41) is 8.87. The Morgan fingerprint density at radius 1 is 1.53 bits per heavy atom. The first kappa shape index (κ1) is 14.3. The minimum Gasteiger partial charge on any atom is -0.444 e. The van der Waals surface area contributed by atoms with Crippen molar-refractivity contribution >= 4 is 6.09 Å². The normalized spacial score (nSPS) is 21.6. The summed E-state index contributed by atoms with van der Waals surface area (Å²) < 4.78 is 5.33. The van der Waals surface area contributed by atoms with Crippen LogP contribution in [0.25, 0.3) is 0 Å². The molecule has 1 amide bonds. The molecule has 0 spiro atoms. The van der Waals surface area contributed by atoms with Gasteiger partial charge in [-0.25, -0.2) is 4.79 Å². The van der Waals surface area contributed by atoms with Crippen molar-refractivity contribution in [1.29, 1.82) is 0 Å². The molecule has 0 aromatic rings. The minimum atomic E-state index is -0.450. The first-order chi connectivity index (χ1) is 7.83. The highest BCUT2D eigenvalue weighted by molar-refractivity contribution is 5.68. The number of amides is 1. The molecule has 1 unspecified atom stereocenters. The molecule has 1 saturated heterocycles. The van der Waals surface area contributed by atoms with Crippen LogP contribution >= 0.6 is 0 Å². The van der Waals surface area contributed by atoms with E-state index in [4.69, 9.17) is 9.84 Å². The molecule has 100 valence electrons. The Kier molecular flexibility index (Phi) is 4.77. The SMILES string of the molecule is CN(C(=O)OC(C)(C)C)C1CCN(CCO)C1. The van der Waals surface area contributed by atoms with Crippen LogP contribution in [0.3, 0.4) is 0 Å². The Labute approximate surface area is 103 Å². The van der Waals surface area contributed by atoms with E-state index >= 15 is 0 Å². The molecule has 0 aliphatic carbocycles. The van der Waals surface area contributed by atoms with E-state index in [1.807, 2.05) is 20.8 Å². The number of β-amino-alcohol motifs (C(OH)–C–C–N with tert-alkyl or cyclic N) is 1. The van der Waals surface area contributed by atoms with Crippen molar-refractivity contribution in [2.45, 2.75) is 38.8 Å². The highest BCUT2D eigenvalue weighted by Crippen LogP contribution is 2.17. The number of likely N-dealkylation sites (N-methyl/N-ethyl adjacent to an activating group) is 1. The standard InChI is InChI=1S/C12H24N2O3/c1-12(2,3)17-11(16)13(4)10-5-6-14(9-10)7-8-15/h10,15H,5-9H2,1-4H3. The third-order valence-corrected chi connectivity index (χ3v) is 2.89. The van der Waals surface area contributed by atoms with E-state index in [9.17, 15) is 4.79 Å². The summed E-state index contributed by atoms with van der Waals surface area (Å²) in [7, 11) is 1.78. The Morgan fingerprint density at radius 2 is 2.18 bits per heavy atom. The van der Waals surface area contributed by atoms with Gasteiger partial charge in [0.1, 0.15) is 5.60 Å². The number of hydrogen-bond acceptors (Lipinski definition) is 4. The van der Waals surface area contributed by atoms with Crippen LogP contribution in [0.5, 0.6) is 0 Å². The number of carbonyl (C=O) groups is 1. The fourth-order valence-corrected chi connectivity index (χ4v) is 1.96. The highest BCUT2D eigenvalue weighted by Gasteiger charge is 2.30. The van der Waals surface area contributed by atoms with Crippen LogP contribution in [-0.2, 0) is 4.74 Å². The Balaban J connectivity index is 2.43.